The van der Waals surface area contributed by atoms with Crippen LogP contribution in [0.4, 0.5) is 5.69 Å². The Balaban J connectivity index is 2.62. The Kier molecular flexibility index (Phi) is 3.71. The molecule has 21 heavy (non-hydrogen) atoms. The molecule has 0 spiro atoms. The molecule has 2 N–H and O–H groups in total. The third-order valence-electron chi connectivity index (χ3n) is 5.03. The van der Waals surface area contributed by atoms with Gasteiger partial charge in [0.1, 0.15) is 0 Å². The lowest BCUT2D eigenvalue weighted by Gasteiger charge is -2.32. The number of carbonyl (C=O) groups excluding carboxylic acids is 1. The number of carbonyl (C=O) groups is 1. The number of anilines is 1. The van der Waals surface area contributed by atoms with Gasteiger partial charge in [-0.3, -0.25) is 4.79 Å². The van der Waals surface area contributed by atoms with Crippen LogP contribution in [0, 0.1) is 20.8 Å². The topological polar surface area (TPSA) is 61.6 Å². The van der Waals surface area contributed by atoms with E-state index in [1.807, 2.05) is 48.5 Å². The molecule has 0 saturated carbocycles. The van der Waals surface area contributed by atoms with Crippen LogP contribution in [0.1, 0.15) is 54.7 Å². The van der Waals surface area contributed by atoms with Gasteiger partial charge >= 0.3 is 7.12 Å². The lowest BCUT2D eigenvalue weighted by atomic mass is 9.71. The monoisotopic (exact) mass is 289 g/mol. The van der Waals surface area contributed by atoms with Crippen LogP contribution in [0.2, 0.25) is 0 Å². The first-order valence-corrected chi connectivity index (χ1v) is 7.23. The van der Waals surface area contributed by atoms with Gasteiger partial charge in [-0.2, -0.15) is 0 Å². The van der Waals surface area contributed by atoms with E-state index in [1.165, 1.54) is 0 Å². The molecule has 0 radical (unpaired) electrons. The van der Waals surface area contributed by atoms with E-state index in [9.17, 15) is 4.79 Å². The molecule has 0 atom stereocenters. The highest BCUT2D eigenvalue weighted by atomic mass is 16.7. The molecule has 2 rings (SSSR count). The summed E-state index contributed by atoms with van der Waals surface area (Å²) in [5.41, 5.74) is 10.1. The Labute approximate surface area is 127 Å². The molecule has 1 heterocycles. The zero-order valence-corrected chi connectivity index (χ0v) is 14.0. The van der Waals surface area contributed by atoms with Crippen LogP contribution in [-0.4, -0.2) is 24.6 Å². The summed E-state index contributed by atoms with van der Waals surface area (Å²) in [4.78, 5) is 11.4. The van der Waals surface area contributed by atoms with Crippen molar-refractivity contribution in [3.63, 3.8) is 0 Å². The molecule has 0 unspecified atom stereocenters. The summed E-state index contributed by atoms with van der Waals surface area (Å²) in [6.07, 6.45) is 0.856. The van der Waals surface area contributed by atoms with Crippen molar-refractivity contribution in [1.29, 1.82) is 0 Å². The summed E-state index contributed by atoms with van der Waals surface area (Å²) in [6, 6.07) is 0. The molecule has 0 aromatic heterocycles. The lowest BCUT2D eigenvalue weighted by molar-refractivity contribution is 0.00578. The van der Waals surface area contributed by atoms with Crippen LogP contribution in [0.25, 0.3) is 0 Å². The Morgan fingerprint density at radius 1 is 0.952 bits per heavy atom. The van der Waals surface area contributed by atoms with Crippen LogP contribution >= 0.6 is 0 Å². The van der Waals surface area contributed by atoms with E-state index < -0.39 is 18.3 Å². The summed E-state index contributed by atoms with van der Waals surface area (Å²) in [7, 11) is -0.503. The second kappa shape index (κ2) is 4.85. The quantitative estimate of drug-likeness (QED) is 0.515. The molecule has 1 aliphatic heterocycles. The van der Waals surface area contributed by atoms with Gasteiger partial charge in [0, 0.05) is 11.3 Å². The highest BCUT2D eigenvalue weighted by molar-refractivity contribution is 6.63. The van der Waals surface area contributed by atoms with Crippen LogP contribution < -0.4 is 11.2 Å². The average molecular weight is 289 g/mol. The number of benzene rings is 1. The molecule has 1 aromatic rings. The summed E-state index contributed by atoms with van der Waals surface area (Å²) in [6.45, 7) is 13.8. The van der Waals surface area contributed by atoms with Crippen molar-refractivity contribution in [3.8, 4) is 0 Å². The first-order chi connectivity index (χ1) is 9.53. The Hall–Kier alpha value is -1.33. The maximum absolute atomic E-state index is 11.4. The number of hydrogen-bond donors (Lipinski definition) is 1. The van der Waals surface area contributed by atoms with Gasteiger partial charge in [-0.15, -0.1) is 0 Å². The highest BCUT2D eigenvalue weighted by Gasteiger charge is 2.52. The molecular formula is C16H24BNO3. The third-order valence-corrected chi connectivity index (χ3v) is 5.03. The van der Waals surface area contributed by atoms with Gasteiger partial charge in [0.25, 0.3) is 0 Å². The Morgan fingerprint density at radius 2 is 1.43 bits per heavy atom. The molecule has 0 amide bonds. The van der Waals surface area contributed by atoms with Gasteiger partial charge < -0.3 is 15.0 Å². The fourth-order valence-electron chi connectivity index (χ4n) is 2.77. The third kappa shape index (κ3) is 2.28. The maximum Gasteiger partial charge on any atom is 0.495 e. The molecule has 1 aromatic carbocycles. The molecule has 1 fully saturated rings. The summed E-state index contributed by atoms with van der Waals surface area (Å²) < 4.78 is 12.2. The second-order valence-corrected chi connectivity index (χ2v) is 6.82. The fraction of sp³-hybridized carbons (Fsp3) is 0.562. The van der Waals surface area contributed by atoms with Gasteiger partial charge in [0.15, 0.2) is 6.29 Å². The van der Waals surface area contributed by atoms with E-state index in [2.05, 4.69) is 0 Å². The molecule has 114 valence electrons. The minimum Gasteiger partial charge on any atom is -0.399 e. The normalized spacial score (nSPS) is 19.9. The van der Waals surface area contributed by atoms with Gasteiger partial charge in [-0.05, 0) is 70.6 Å². The Bertz CT molecular complexity index is 592. The van der Waals surface area contributed by atoms with Crippen molar-refractivity contribution < 1.29 is 14.1 Å². The van der Waals surface area contributed by atoms with Crippen molar-refractivity contribution in [2.75, 3.05) is 5.73 Å². The molecular weight excluding hydrogens is 265 g/mol. The van der Waals surface area contributed by atoms with Crippen LogP contribution in [-0.2, 0) is 9.31 Å². The van der Waals surface area contributed by atoms with E-state index in [4.69, 9.17) is 15.0 Å². The van der Waals surface area contributed by atoms with E-state index >= 15 is 0 Å². The molecule has 5 heteroatoms. The highest BCUT2D eigenvalue weighted by Crippen LogP contribution is 2.37. The molecule has 1 aliphatic rings. The predicted octanol–water partition coefficient (Wildman–Crippen LogP) is 2.31. The van der Waals surface area contributed by atoms with Crippen molar-refractivity contribution in [1.82, 2.24) is 0 Å². The zero-order chi connectivity index (χ0) is 16.2. The first kappa shape index (κ1) is 16.1. The summed E-state index contributed by atoms with van der Waals surface area (Å²) >= 11 is 0. The number of nitrogens with two attached hydrogens (primary N) is 1. The van der Waals surface area contributed by atoms with Crippen molar-refractivity contribution >= 4 is 24.6 Å². The van der Waals surface area contributed by atoms with Crippen molar-refractivity contribution in [2.45, 2.75) is 59.7 Å². The van der Waals surface area contributed by atoms with Crippen LogP contribution in [0.15, 0.2) is 0 Å². The van der Waals surface area contributed by atoms with Gasteiger partial charge in [-0.1, -0.05) is 0 Å². The van der Waals surface area contributed by atoms with Crippen molar-refractivity contribution in [2.24, 2.45) is 0 Å². The van der Waals surface area contributed by atoms with E-state index in [-0.39, 0.29) is 0 Å². The fourth-order valence-corrected chi connectivity index (χ4v) is 2.77. The molecule has 4 nitrogen and oxygen atoms in total. The van der Waals surface area contributed by atoms with E-state index in [0.717, 1.165) is 28.4 Å². The largest absolute Gasteiger partial charge is 0.495 e. The number of aldehydes is 1. The van der Waals surface area contributed by atoms with Crippen LogP contribution in [0.3, 0.4) is 0 Å². The lowest BCUT2D eigenvalue weighted by Crippen LogP contribution is -2.41. The molecule has 0 aliphatic carbocycles. The molecule has 1 saturated heterocycles. The van der Waals surface area contributed by atoms with E-state index in [1.54, 1.807) is 0 Å². The SMILES string of the molecule is Cc1c(N)c(C)c(B2OC(C)(C)C(C)(C)O2)c(C)c1C=O. The summed E-state index contributed by atoms with van der Waals surface area (Å²) in [5.74, 6) is 0. The number of hydrogen-bond acceptors (Lipinski definition) is 4. The smallest absolute Gasteiger partial charge is 0.399 e. The van der Waals surface area contributed by atoms with E-state index in [0.29, 0.717) is 11.3 Å². The minimum absolute atomic E-state index is 0.419. The number of nitrogen functional groups attached to an aromatic ring is 1. The minimum atomic E-state index is -0.503. The van der Waals surface area contributed by atoms with Crippen LogP contribution in [0.5, 0.6) is 0 Å². The van der Waals surface area contributed by atoms with Gasteiger partial charge in [0.2, 0.25) is 0 Å². The first-order valence-electron chi connectivity index (χ1n) is 7.23. The predicted molar refractivity (Wildman–Crippen MR) is 86.2 cm³/mol. The van der Waals surface area contributed by atoms with Gasteiger partial charge in [0.05, 0.1) is 11.2 Å². The maximum atomic E-state index is 11.4. The molecule has 0 bridgehead atoms. The Morgan fingerprint density at radius 3 is 1.86 bits per heavy atom. The van der Waals surface area contributed by atoms with Crippen molar-refractivity contribution in [3.05, 3.63) is 22.3 Å². The van der Waals surface area contributed by atoms with Gasteiger partial charge in [-0.25, -0.2) is 0 Å². The average Bonchev–Trinajstić information content (AvgIpc) is 2.56. The number of rotatable bonds is 2. The standard InChI is InChI=1S/C16H24BNO3/c1-9-12(8-19)10(2)14(18)11(3)13(9)17-20-15(4,5)16(6,7)21-17/h8H,18H2,1-7H3. The second-order valence-electron chi connectivity index (χ2n) is 6.82. The zero-order valence-electron chi connectivity index (χ0n) is 14.0. The summed E-state index contributed by atoms with van der Waals surface area (Å²) in [5, 5.41) is 0.